The van der Waals surface area contributed by atoms with E-state index < -0.39 is 24.1 Å². The van der Waals surface area contributed by atoms with Gasteiger partial charge in [0.05, 0.1) is 39.3 Å². The Morgan fingerprint density at radius 1 is 0.635 bits per heavy atom. The summed E-state index contributed by atoms with van der Waals surface area (Å²) in [7, 11) is 3.02. The van der Waals surface area contributed by atoms with Crippen molar-refractivity contribution in [2.45, 2.75) is 65.2 Å². The number of aliphatic hydroxyl groups is 2. The lowest BCUT2D eigenvalue weighted by Gasteiger charge is -2.17. The number of carbonyl (C=O) groups is 2. The number of rotatable bonds is 21. The Labute approximate surface area is 302 Å². The van der Waals surface area contributed by atoms with Crippen molar-refractivity contribution in [3.63, 3.8) is 0 Å². The number of benzene rings is 2. The molecule has 2 unspecified atom stereocenters. The van der Waals surface area contributed by atoms with Crippen LogP contribution < -0.4 is 29.6 Å². The van der Waals surface area contributed by atoms with Crippen molar-refractivity contribution in [2.75, 3.05) is 27.3 Å². The zero-order valence-electron chi connectivity index (χ0n) is 29.7. The van der Waals surface area contributed by atoms with Crippen molar-refractivity contribution in [2.24, 2.45) is 0 Å². The molecule has 0 spiro atoms. The fraction of sp³-hybridized carbons (Fsp3) is 0.368. The van der Waals surface area contributed by atoms with Crippen LogP contribution in [0.5, 0.6) is 23.5 Å². The number of methoxy groups -OCH3 is 2. The zero-order chi connectivity index (χ0) is 37.6. The van der Waals surface area contributed by atoms with Crippen LogP contribution in [-0.4, -0.2) is 81.8 Å². The van der Waals surface area contributed by atoms with Crippen molar-refractivity contribution in [1.29, 1.82) is 0 Å². The number of carboxylic acids is 2. The van der Waals surface area contributed by atoms with Gasteiger partial charge in [0, 0.05) is 49.4 Å². The molecule has 52 heavy (non-hydrogen) atoms. The number of hydrogen-bond acceptors (Lipinski definition) is 12. The summed E-state index contributed by atoms with van der Waals surface area (Å²) in [6.07, 6.45) is -2.68. The summed E-state index contributed by atoms with van der Waals surface area (Å²) in [5.41, 5.74) is 7.68. The van der Waals surface area contributed by atoms with Gasteiger partial charge in [0.15, 0.2) is 0 Å². The Balaban J connectivity index is 1.39. The van der Waals surface area contributed by atoms with Gasteiger partial charge >= 0.3 is 11.9 Å². The largest absolute Gasteiger partial charge is 0.481 e. The Hall–Kier alpha value is -5.28. The van der Waals surface area contributed by atoms with E-state index in [4.69, 9.17) is 29.2 Å². The van der Waals surface area contributed by atoms with Crippen LogP contribution in [-0.2, 0) is 35.9 Å². The molecule has 14 nitrogen and oxygen atoms in total. The summed E-state index contributed by atoms with van der Waals surface area (Å²) in [6.45, 7) is 5.55. The molecule has 6 N–H and O–H groups in total. The van der Waals surface area contributed by atoms with Crippen molar-refractivity contribution < 1.29 is 49.0 Å². The number of aliphatic hydroxyl groups excluding tert-OH is 2. The lowest BCUT2D eigenvalue weighted by molar-refractivity contribution is -0.140. The average molecular weight is 719 g/mol. The molecule has 0 saturated carbocycles. The molecule has 2 aromatic heterocycles. The van der Waals surface area contributed by atoms with E-state index in [-0.39, 0.29) is 39.1 Å². The second-order valence-electron chi connectivity index (χ2n) is 12.2. The van der Waals surface area contributed by atoms with Gasteiger partial charge in [-0.25, -0.2) is 0 Å². The van der Waals surface area contributed by atoms with E-state index in [1.54, 1.807) is 12.1 Å². The van der Waals surface area contributed by atoms with Crippen molar-refractivity contribution in [3.8, 4) is 34.6 Å². The summed E-state index contributed by atoms with van der Waals surface area (Å²) in [6, 6.07) is 19.3. The maximum absolute atomic E-state index is 10.8. The quantitative estimate of drug-likeness (QED) is 0.0727. The summed E-state index contributed by atoms with van der Waals surface area (Å²) >= 11 is 0. The van der Waals surface area contributed by atoms with Gasteiger partial charge in [-0.3, -0.25) is 9.59 Å². The molecule has 0 saturated heterocycles. The van der Waals surface area contributed by atoms with E-state index in [0.29, 0.717) is 36.6 Å². The van der Waals surface area contributed by atoms with Crippen LogP contribution in [0.3, 0.4) is 0 Å². The summed E-state index contributed by atoms with van der Waals surface area (Å²) in [4.78, 5) is 30.5. The molecule has 0 aliphatic rings. The monoisotopic (exact) mass is 718 g/mol. The lowest BCUT2D eigenvalue weighted by atomic mass is 9.92. The maximum atomic E-state index is 10.8. The average Bonchev–Trinajstić information content (AvgIpc) is 3.11. The number of nitrogens with one attached hydrogen (secondary N) is 2. The predicted molar refractivity (Wildman–Crippen MR) is 192 cm³/mol. The Bertz CT molecular complexity index is 1690. The fourth-order valence-corrected chi connectivity index (χ4v) is 5.55. The fourth-order valence-electron chi connectivity index (χ4n) is 5.55. The number of hydrogen-bond donors (Lipinski definition) is 6. The minimum atomic E-state index is -1.06. The molecule has 0 amide bonds. The Kier molecular flexibility index (Phi) is 14.7. The van der Waals surface area contributed by atoms with Crippen LogP contribution >= 0.6 is 0 Å². The van der Waals surface area contributed by atoms with Gasteiger partial charge < -0.3 is 50.0 Å². The lowest BCUT2D eigenvalue weighted by Crippen LogP contribution is -2.28. The van der Waals surface area contributed by atoms with Gasteiger partial charge in [-0.05, 0) is 59.4 Å². The first-order valence-corrected chi connectivity index (χ1v) is 16.7. The van der Waals surface area contributed by atoms with Crippen LogP contribution in [0.25, 0.3) is 11.1 Å². The number of carboxylic acid groups (broad SMARTS) is 2. The van der Waals surface area contributed by atoms with Gasteiger partial charge in [0.25, 0.3) is 0 Å². The second-order valence-corrected chi connectivity index (χ2v) is 12.2. The molecule has 0 aliphatic carbocycles. The van der Waals surface area contributed by atoms with Gasteiger partial charge in [-0.2, -0.15) is 9.97 Å². The topological polar surface area (TPSA) is 202 Å². The Morgan fingerprint density at radius 2 is 1.04 bits per heavy atom. The van der Waals surface area contributed by atoms with Gasteiger partial charge in [0.2, 0.25) is 23.5 Å². The molecule has 0 fully saturated rings. The van der Waals surface area contributed by atoms with Gasteiger partial charge in [-0.15, -0.1) is 0 Å². The number of ether oxygens (including phenoxy) is 4. The first kappa shape index (κ1) is 39.5. The van der Waals surface area contributed by atoms with Crippen molar-refractivity contribution in [3.05, 3.63) is 94.0 Å². The molecule has 4 rings (SSSR count). The molecule has 0 aliphatic heterocycles. The molecular formula is C38H46N4O10. The molecule has 4 aromatic rings. The zero-order valence-corrected chi connectivity index (χ0v) is 29.7. The van der Waals surface area contributed by atoms with E-state index in [0.717, 1.165) is 44.5 Å². The van der Waals surface area contributed by atoms with E-state index in [9.17, 15) is 19.8 Å². The highest BCUT2D eigenvalue weighted by atomic mass is 16.5. The van der Waals surface area contributed by atoms with Crippen LogP contribution in [0.1, 0.15) is 46.2 Å². The second kappa shape index (κ2) is 19.4. The molecule has 2 atom stereocenters. The first-order valence-electron chi connectivity index (χ1n) is 16.7. The first-order chi connectivity index (χ1) is 25.0. The Morgan fingerprint density at radius 3 is 1.40 bits per heavy atom. The van der Waals surface area contributed by atoms with Gasteiger partial charge in [0.1, 0.15) is 13.2 Å². The summed E-state index contributed by atoms with van der Waals surface area (Å²) in [5, 5.41) is 43.3. The van der Waals surface area contributed by atoms with Crippen molar-refractivity contribution >= 4 is 11.9 Å². The van der Waals surface area contributed by atoms with Gasteiger partial charge in [-0.1, -0.05) is 36.4 Å². The van der Waals surface area contributed by atoms with Crippen LogP contribution in [0, 0.1) is 13.8 Å². The SMILES string of the molecule is COc1nc(OCc2cccc(-c3cccc(COc4ccc(CNCC(O)CC(=O)O)c(OC)n4)c3C)c2C)ccc1CNCC(O)CC(=O)O. The van der Waals surface area contributed by atoms with Crippen LogP contribution in [0.15, 0.2) is 60.7 Å². The van der Waals surface area contributed by atoms with Crippen LogP contribution in [0.4, 0.5) is 0 Å². The maximum Gasteiger partial charge on any atom is 0.306 e. The highest BCUT2D eigenvalue weighted by Gasteiger charge is 2.15. The van der Waals surface area contributed by atoms with E-state index in [1.165, 1.54) is 14.2 Å². The molecule has 14 heteroatoms. The van der Waals surface area contributed by atoms with Crippen molar-refractivity contribution in [1.82, 2.24) is 20.6 Å². The predicted octanol–water partition coefficient (Wildman–Crippen LogP) is 3.79. The third-order valence-corrected chi connectivity index (χ3v) is 8.36. The molecule has 278 valence electrons. The number of pyridine rings is 2. The highest BCUT2D eigenvalue weighted by Crippen LogP contribution is 2.31. The summed E-state index contributed by atoms with van der Waals surface area (Å²) < 4.78 is 23.0. The van der Waals surface area contributed by atoms with E-state index >= 15 is 0 Å². The van der Waals surface area contributed by atoms with Crippen LogP contribution in [0.2, 0.25) is 0 Å². The number of aliphatic carboxylic acids is 2. The summed E-state index contributed by atoms with van der Waals surface area (Å²) in [5.74, 6) is -0.625. The third-order valence-electron chi connectivity index (χ3n) is 8.36. The molecule has 2 aromatic carbocycles. The standard InChI is InChI=1S/C38H46N4O10/c1-23-27(21-51-33-13-11-25(37(41-33)49-3)17-39-19-29(43)15-35(45)46)7-5-9-31(23)32-10-6-8-28(24(32)2)22-52-34-14-12-26(38(42-34)50-4)18-40-20-30(44)16-36(47)48/h5-14,29-30,39-40,43-44H,15-22H2,1-4H3,(H,45,46)(H,47,48). The third kappa shape index (κ3) is 11.4. The highest BCUT2D eigenvalue weighted by molar-refractivity contribution is 5.72. The number of aromatic nitrogens is 2. The van der Waals surface area contributed by atoms with E-state index in [1.807, 2.05) is 36.4 Å². The smallest absolute Gasteiger partial charge is 0.306 e. The normalized spacial score (nSPS) is 12.2. The molecule has 0 radical (unpaired) electrons. The minimum Gasteiger partial charge on any atom is -0.481 e. The molecule has 0 bridgehead atoms. The molecular weight excluding hydrogens is 672 g/mol. The van der Waals surface area contributed by atoms with E-state index in [2.05, 4.69) is 46.6 Å². The minimum absolute atomic E-state index is 0.117. The molecule has 2 heterocycles. The number of nitrogens with zero attached hydrogens (tertiary/aromatic N) is 2.